The summed E-state index contributed by atoms with van der Waals surface area (Å²) in [6.45, 7) is 18.5. The molecule has 0 unspecified atom stereocenters. The van der Waals surface area contributed by atoms with Crippen molar-refractivity contribution in [2.75, 3.05) is 51.3 Å². The van der Waals surface area contributed by atoms with E-state index in [4.69, 9.17) is 28.4 Å². The van der Waals surface area contributed by atoms with Crippen molar-refractivity contribution < 1.29 is 26.1 Å². The van der Waals surface area contributed by atoms with Crippen LogP contribution in [0.25, 0.3) is 68.3 Å². The summed E-state index contributed by atoms with van der Waals surface area (Å²) in [4.78, 5) is 42.1. The van der Waals surface area contributed by atoms with Gasteiger partial charge in [0.1, 0.15) is 22.5 Å². The molecule has 1 fully saturated rings. The second kappa shape index (κ2) is 21.5. The highest BCUT2D eigenvalue weighted by atomic mass is 16.5. The van der Waals surface area contributed by atoms with Crippen LogP contribution in [0.4, 0.5) is 5.69 Å². The van der Waals surface area contributed by atoms with Crippen molar-refractivity contribution in [3.05, 3.63) is 132 Å². The molecular weight excluding hydrogens is 885 g/mol. The van der Waals surface area contributed by atoms with Crippen LogP contribution in [0.2, 0.25) is 0 Å². The highest BCUT2D eigenvalue weighted by Crippen LogP contribution is 2.32. The van der Waals surface area contributed by atoms with Crippen molar-refractivity contribution in [3.63, 3.8) is 0 Å². The lowest BCUT2D eigenvalue weighted by molar-refractivity contribution is -0.148. The Morgan fingerprint density at radius 1 is 0.757 bits per heavy atom. The molecule has 360 valence electrons. The summed E-state index contributed by atoms with van der Waals surface area (Å²) in [5.41, 5.74) is 8.63. The molecule has 0 spiro atoms. The maximum absolute atomic E-state index is 12.4. The van der Waals surface area contributed by atoms with E-state index in [2.05, 4.69) is 51.6 Å². The predicted octanol–water partition coefficient (Wildman–Crippen LogP) is 9.61. The normalized spacial score (nSPS) is 12.9. The second-order valence-corrected chi connectivity index (χ2v) is 17.6. The van der Waals surface area contributed by atoms with Crippen molar-refractivity contribution in [1.29, 1.82) is 5.26 Å². The van der Waals surface area contributed by atoms with Crippen LogP contribution in [0.3, 0.4) is 0 Å². The smallest absolute Gasteiger partial charge is 0.317 e. The van der Waals surface area contributed by atoms with Crippen molar-refractivity contribution in [2.45, 2.75) is 59.3 Å². The molecule has 0 saturated carbocycles. The van der Waals surface area contributed by atoms with E-state index in [-0.39, 0.29) is 8.82 Å². The zero-order valence-electron chi connectivity index (χ0n) is 40.3. The number of hydrogen-bond donors (Lipinski definition) is 1. The fraction of sp³-hybridized carbons (Fsp3) is 0.302. The van der Waals surface area contributed by atoms with Crippen molar-refractivity contribution in [1.82, 2.24) is 50.2 Å². The van der Waals surface area contributed by atoms with Gasteiger partial charge in [0.2, 0.25) is 5.89 Å². The summed E-state index contributed by atoms with van der Waals surface area (Å²) in [5, 5.41) is 25.6. The van der Waals surface area contributed by atoms with Gasteiger partial charge in [-0.15, -0.1) is 10.2 Å². The van der Waals surface area contributed by atoms with E-state index in [1.807, 2.05) is 113 Å². The molecule has 0 bridgehead atoms. The van der Waals surface area contributed by atoms with Gasteiger partial charge in [0.05, 0.1) is 77.9 Å². The van der Waals surface area contributed by atoms with E-state index in [9.17, 15) is 10.1 Å². The Morgan fingerprint density at radius 3 is 2.06 bits per heavy atom. The maximum Gasteiger partial charge on any atom is 0.317 e. The van der Waals surface area contributed by atoms with Crippen LogP contribution in [-0.4, -0.2) is 102 Å². The largest absolute Gasteiger partial charge is 0.465 e. The van der Waals surface area contributed by atoms with Gasteiger partial charge in [-0.25, -0.2) is 9.97 Å². The molecule has 9 rings (SSSR count). The summed E-state index contributed by atoms with van der Waals surface area (Å²) in [5.74, 6) is 0.923. The standard InChI is InChI=1S/C28H30N8O2.C25H24N4O3.2H2/c1-19-25(33-23(17-32-19)21-8-9-31-24(16-21)28(2,3)18-29)27-35-34-26(38-27)20-4-6-22(7-5-20)30-10-11-36-12-14-37-15-13-36;1-5-31-24(30)25(3,4)22-13-18(11-12-26-22)20-15-27-16(2)23(28-20)21-14-19(29-32-21)17-9-7-6-8-10-17;;/h4-9,16-17,30H,10-15H2,1-3H3;6-15H,5H2,1-4H3;2*1H. The summed E-state index contributed by atoms with van der Waals surface area (Å²) in [7, 11) is 0. The number of hydrogen-bond acceptors (Lipinski definition) is 17. The molecule has 7 heterocycles. The van der Waals surface area contributed by atoms with Gasteiger partial charge in [0.15, 0.2) is 5.76 Å². The second-order valence-electron chi connectivity index (χ2n) is 17.6. The quantitative estimate of drug-likeness (QED) is 0.100. The van der Waals surface area contributed by atoms with Gasteiger partial charge in [0, 0.05) is 75.4 Å². The molecule has 17 nitrogen and oxygen atoms in total. The van der Waals surface area contributed by atoms with E-state index in [0.29, 0.717) is 64.0 Å². The van der Waals surface area contributed by atoms with Crippen LogP contribution in [0.5, 0.6) is 0 Å². The average molecular weight is 943 g/mol. The summed E-state index contributed by atoms with van der Waals surface area (Å²) >= 11 is 0. The molecule has 0 radical (unpaired) electrons. The van der Waals surface area contributed by atoms with E-state index >= 15 is 0 Å². The number of rotatable bonds is 14. The van der Waals surface area contributed by atoms with Crippen LogP contribution in [-0.2, 0) is 25.1 Å². The third kappa shape index (κ3) is 11.3. The van der Waals surface area contributed by atoms with E-state index in [1.165, 1.54) is 0 Å². The Morgan fingerprint density at radius 2 is 1.39 bits per heavy atom. The average Bonchev–Trinajstić information content (AvgIpc) is 4.10. The Hall–Kier alpha value is -8.07. The minimum atomic E-state index is -0.886. The van der Waals surface area contributed by atoms with Crippen LogP contribution in [0.1, 0.15) is 60.2 Å². The van der Waals surface area contributed by atoms with E-state index in [1.54, 1.807) is 45.6 Å². The highest BCUT2D eigenvalue weighted by molar-refractivity contribution is 5.82. The number of esters is 1. The topological polar surface area (TPSA) is 217 Å². The lowest BCUT2D eigenvalue weighted by atomic mass is 9.88. The lowest BCUT2D eigenvalue weighted by Crippen LogP contribution is -2.38. The van der Waals surface area contributed by atoms with Crippen molar-refractivity contribution in [2.24, 2.45) is 0 Å². The third-order valence-corrected chi connectivity index (χ3v) is 11.8. The molecular formula is C53H58N12O5. The molecule has 6 aromatic heterocycles. The number of benzene rings is 2. The molecule has 0 aliphatic carbocycles. The Balaban J connectivity index is 0.000000232. The number of nitrogens with one attached hydrogen (secondary N) is 1. The number of morpholine rings is 1. The number of ether oxygens (including phenoxy) is 2. The zero-order valence-corrected chi connectivity index (χ0v) is 40.3. The molecule has 1 aliphatic heterocycles. The Bertz CT molecular complexity index is 3120. The van der Waals surface area contributed by atoms with Crippen LogP contribution >= 0.6 is 0 Å². The summed E-state index contributed by atoms with van der Waals surface area (Å²) in [6.07, 6.45) is 6.73. The van der Waals surface area contributed by atoms with Gasteiger partial charge in [0.25, 0.3) is 5.89 Å². The number of anilines is 1. The Kier molecular flexibility index (Phi) is 14.9. The predicted molar refractivity (Wildman–Crippen MR) is 268 cm³/mol. The molecule has 0 atom stereocenters. The first kappa shape index (κ1) is 48.4. The maximum atomic E-state index is 12.4. The number of nitrogens with zero attached hydrogens (tertiary/aromatic N) is 11. The zero-order chi connectivity index (χ0) is 49.3. The number of carbonyl (C=O) groups is 1. The number of carbonyl (C=O) groups excluding carboxylic acids is 1. The van der Waals surface area contributed by atoms with Gasteiger partial charge >= 0.3 is 5.97 Å². The molecule has 1 N–H and O–H groups in total. The van der Waals surface area contributed by atoms with Gasteiger partial charge in [-0.05, 0) is 97.0 Å². The summed E-state index contributed by atoms with van der Waals surface area (Å²) in [6, 6.07) is 29.3. The molecule has 1 saturated heterocycles. The van der Waals surface area contributed by atoms with Gasteiger partial charge in [-0.3, -0.25) is 29.6 Å². The van der Waals surface area contributed by atoms with E-state index < -0.39 is 10.8 Å². The lowest BCUT2D eigenvalue weighted by Gasteiger charge is -2.26. The Labute approximate surface area is 409 Å². The van der Waals surface area contributed by atoms with Crippen LogP contribution in [0, 0.1) is 25.2 Å². The molecule has 1 aliphatic rings. The first-order valence-corrected chi connectivity index (χ1v) is 23.0. The van der Waals surface area contributed by atoms with Gasteiger partial charge in [-0.1, -0.05) is 35.5 Å². The molecule has 70 heavy (non-hydrogen) atoms. The first-order valence-electron chi connectivity index (χ1n) is 23.0. The number of pyridine rings is 2. The highest BCUT2D eigenvalue weighted by Gasteiger charge is 2.33. The molecule has 2 aromatic carbocycles. The minimum absolute atomic E-state index is 0. The van der Waals surface area contributed by atoms with E-state index in [0.717, 1.165) is 78.7 Å². The van der Waals surface area contributed by atoms with Gasteiger partial charge in [-0.2, -0.15) is 5.26 Å². The number of nitriles is 1. The molecule has 17 heteroatoms. The third-order valence-electron chi connectivity index (χ3n) is 11.8. The SMILES string of the molecule is CCOC(=O)C(C)(C)c1cc(-c2cnc(C)c(-c3cc(-c4ccccc4)no3)n2)ccn1.Cc1ncc(-c2ccnc(C(C)(C)C#N)c2)nc1-c1nnc(-c2ccc(NCCN3CCOCC3)cc2)o1.[HH].[HH]. The molecule has 8 aromatic rings. The monoisotopic (exact) mass is 942 g/mol. The van der Waals surface area contributed by atoms with Crippen LogP contribution < -0.4 is 5.32 Å². The fourth-order valence-electron chi connectivity index (χ4n) is 7.43. The van der Waals surface area contributed by atoms with Gasteiger partial charge < -0.3 is 23.7 Å². The fourth-order valence-corrected chi connectivity index (χ4v) is 7.43. The van der Waals surface area contributed by atoms with Crippen molar-refractivity contribution in [3.8, 4) is 74.3 Å². The van der Waals surface area contributed by atoms with Crippen LogP contribution in [0.15, 0.2) is 119 Å². The summed E-state index contributed by atoms with van der Waals surface area (Å²) < 4.78 is 22.2. The minimum Gasteiger partial charge on any atom is -0.465 e. The number of aryl methyl sites for hydroxylation is 2. The first-order chi connectivity index (χ1) is 33.8. The molecule has 0 amide bonds. The van der Waals surface area contributed by atoms with Crippen molar-refractivity contribution >= 4 is 11.7 Å². The number of aromatic nitrogens is 9.